The van der Waals surface area contributed by atoms with Crippen molar-refractivity contribution in [3.63, 3.8) is 0 Å². The molecule has 0 spiro atoms. The summed E-state index contributed by atoms with van der Waals surface area (Å²) in [5, 5.41) is 4.42. The minimum Gasteiger partial charge on any atom is -0.383 e. The molecule has 0 fully saturated rings. The maximum Gasteiger partial charge on any atom is 0.289 e. The summed E-state index contributed by atoms with van der Waals surface area (Å²) in [4.78, 5) is 48.2. The van der Waals surface area contributed by atoms with Gasteiger partial charge in [-0.1, -0.05) is 50.2 Å². The van der Waals surface area contributed by atoms with E-state index in [-0.39, 0.29) is 17.6 Å². The van der Waals surface area contributed by atoms with Crippen LogP contribution in [-0.2, 0) is 16.0 Å². The van der Waals surface area contributed by atoms with Crippen LogP contribution in [0.2, 0.25) is 0 Å². The number of hydrogen-bond acceptors (Lipinski definition) is 7. The average Bonchev–Trinajstić information content (AvgIpc) is 3.37. The first-order valence-electron chi connectivity index (χ1n) is 13.3. The molecule has 2 N–H and O–H groups in total. The van der Waals surface area contributed by atoms with E-state index in [2.05, 4.69) is 10.1 Å². The fourth-order valence-corrected chi connectivity index (χ4v) is 4.94. The van der Waals surface area contributed by atoms with Gasteiger partial charge in [-0.15, -0.1) is 0 Å². The molecule has 39 heavy (non-hydrogen) atoms. The second-order valence-electron chi connectivity index (χ2n) is 9.62. The van der Waals surface area contributed by atoms with E-state index in [1.165, 1.54) is 18.4 Å². The Morgan fingerprint density at radius 3 is 2.33 bits per heavy atom. The summed E-state index contributed by atoms with van der Waals surface area (Å²) in [7, 11) is 0. The van der Waals surface area contributed by atoms with Crippen molar-refractivity contribution in [2.24, 2.45) is 0 Å². The number of nitrogens with two attached hydrogens (primary N) is 1. The van der Waals surface area contributed by atoms with Crippen LogP contribution in [-0.4, -0.2) is 54.5 Å². The van der Waals surface area contributed by atoms with Gasteiger partial charge < -0.3 is 10.6 Å². The van der Waals surface area contributed by atoms with Gasteiger partial charge in [-0.25, -0.2) is 4.98 Å². The van der Waals surface area contributed by atoms with Crippen molar-refractivity contribution in [1.29, 1.82) is 0 Å². The first-order chi connectivity index (χ1) is 18.8. The number of Topliss-reactive ketones (excluding diaryl/α,β-unsaturated/α-hetero) is 2. The number of amides is 1. The standard InChI is InChI=1S/C30H34N6O3/c1-5-16-35(30(39)20(4)38)23(6-2)13-15-26-27(19(3)37)28(31)36-29(34-26)24(18-33-36)22-12-14-25(32-17-22)21-10-8-7-9-11-21/h7-12,14,17-18,23H,5-6,13,15-16,31H2,1-4H3/t23-/m1/s1. The van der Waals surface area contributed by atoms with Crippen LogP contribution in [0.5, 0.6) is 0 Å². The summed E-state index contributed by atoms with van der Waals surface area (Å²) in [6, 6.07) is 13.7. The van der Waals surface area contributed by atoms with Crippen molar-refractivity contribution in [3.8, 4) is 22.4 Å². The van der Waals surface area contributed by atoms with Gasteiger partial charge in [0.2, 0.25) is 5.78 Å². The normalized spacial score (nSPS) is 11.9. The van der Waals surface area contributed by atoms with Crippen LogP contribution in [0.25, 0.3) is 28.0 Å². The Bertz CT molecular complexity index is 1490. The molecule has 0 saturated heterocycles. The molecule has 202 valence electrons. The first-order valence-corrected chi connectivity index (χ1v) is 13.3. The third-order valence-corrected chi connectivity index (χ3v) is 6.91. The number of anilines is 1. The molecule has 1 atom stereocenters. The van der Waals surface area contributed by atoms with Crippen molar-refractivity contribution >= 4 is 28.9 Å². The quantitative estimate of drug-likeness (QED) is 0.220. The molecule has 0 unspecified atom stereocenters. The molecule has 9 nitrogen and oxygen atoms in total. The van der Waals surface area contributed by atoms with Crippen LogP contribution < -0.4 is 5.73 Å². The third-order valence-electron chi connectivity index (χ3n) is 6.91. The fraction of sp³-hybridized carbons (Fsp3) is 0.333. The summed E-state index contributed by atoms with van der Waals surface area (Å²) < 4.78 is 1.49. The van der Waals surface area contributed by atoms with Gasteiger partial charge in [0.1, 0.15) is 5.82 Å². The van der Waals surface area contributed by atoms with Crippen LogP contribution in [0.3, 0.4) is 0 Å². The molecule has 0 saturated carbocycles. The van der Waals surface area contributed by atoms with Crippen molar-refractivity contribution in [1.82, 2.24) is 24.5 Å². The van der Waals surface area contributed by atoms with Crippen molar-refractivity contribution in [2.45, 2.75) is 59.4 Å². The van der Waals surface area contributed by atoms with Crippen LogP contribution in [0.1, 0.15) is 63.0 Å². The zero-order chi connectivity index (χ0) is 28.1. The summed E-state index contributed by atoms with van der Waals surface area (Å²) in [5.74, 6) is -0.948. The molecule has 4 aromatic rings. The summed E-state index contributed by atoms with van der Waals surface area (Å²) in [5.41, 5.74) is 11.3. The maximum atomic E-state index is 12.6. The van der Waals surface area contributed by atoms with E-state index in [0.29, 0.717) is 42.7 Å². The van der Waals surface area contributed by atoms with Crippen molar-refractivity contribution < 1.29 is 14.4 Å². The Morgan fingerprint density at radius 1 is 1.00 bits per heavy atom. The number of nitrogen functional groups attached to an aromatic ring is 1. The molecular formula is C30H34N6O3. The average molecular weight is 527 g/mol. The molecule has 0 aliphatic carbocycles. The lowest BCUT2D eigenvalue weighted by Crippen LogP contribution is -2.43. The molecule has 3 aromatic heterocycles. The number of pyridine rings is 1. The summed E-state index contributed by atoms with van der Waals surface area (Å²) in [6.07, 6.45) is 5.81. The predicted molar refractivity (Wildman–Crippen MR) is 151 cm³/mol. The van der Waals surface area contributed by atoms with Gasteiger partial charge in [0.05, 0.1) is 23.1 Å². The lowest BCUT2D eigenvalue weighted by Gasteiger charge is -2.30. The van der Waals surface area contributed by atoms with Crippen LogP contribution >= 0.6 is 0 Å². The van der Waals surface area contributed by atoms with E-state index in [0.717, 1.165) is 28.8 Å². The molecule has 3 heterocycles. The summed E-state index contributed by atoms with van der Waals surface area (Å²) >= 11 is 0. The number of aryl methyl sites for hydroxylation is 1. The topological polar surface area (TPSA) is 124 Å². The Morgan fingerprint density at radius 2 is 1.74 bits per heavy atom. The number of nitrogens with zero attached hydrogens (tertiary/aromatic N) is 5. The Balaban J connectivity index is 1.70. The Hall–Kier alpha value is -4.40. The minimum absolute atomic E-state index is 0.167. The number of rotatable bonds is 11. The van der Waals surface area contributed by atoms with Crippen LogP contribution in [0.15, 0.2) is 54.9 Å². The Labute approximate surface area is 228 Å². The van der Waals surface area contributed by atoms with Gasteiger partial charge in [0.25, 0.3) is 5.91 Å². The second kappa shape index (κ2) is 12.0. The largest absolute Gasteiger partial charge is 0.383 e. The van der Waals surface area contributed by atoms with Crippen LogP contribution in [0.4, 0.5) is 5.82 Å². The molecule has 9 heteroatoms. The molecule has 1 amide bonds. The fourth-order valence-electron chi connectivity index (χ4n) is 4.94. The number of hydrogen-bond donors (Lipinski definition) is 1. The third kappa shape index (κ3) is 5.72. The molecule has 0 radical (unpaired) electrons. The monoisotopic (exact) mass is 526 g/mol. The number of benzene rings is 1. The first kappa shape index (κ1) is 27.6. The van der Waals surface area contributed by atoms with E-state index in [1.807, 2.05) is 56.3 Å². The number of carbonyl (C=O) groups excluding carboxylic acids is 3. The minimum atomic E-state index is -0.483. The van der Waals surface area contributed by atoms with Crippen LogP contribution in [0, 0.1) is 0 Å². The van der Waals surface area contributed by atoms with Gasteiger partial charge in [-0.2, -0.15) is 9.61 Å². The lowest BCUT2D eigenvalue weighted by molar-refractivity contribution is -0.145. The maximum absolute atomic E-state index is 12.6. The molecule has 0 aliphatic heterocycles. The highest BCUT2D eigenvalue weighted by Crippen LogP contribution is 2.29. The van der Waals surface area contributed by atoms with Gasteiger partial charge in [-0.3, -0.25) is 19.4 Å². The number of carbonyl (C=O) groups is 3. The smallest absolute Gasteiger partial charge is 0.289 e. The second-order valence-corrected chi connectivity index (χ2v) is 9.62. The van der Waals surface area contributed by atoms with E-state index >= 15 is 0 Å². The molecule has 4 rings (SSSR count). The molecule has 0 aliphatic rings. The van der Waals surface area contributed by atoms with Gasteiger partial charge in [-0.05, 0) is 38.7 Å². The van der Waals surface area contributed by atoms with Gasteiger partial charge in [0.15, 0.2) is 11.4 Å². The SMILES string of the molecule is CCCN(C(=O)C(C)=O)[C@H](CC)CCc1nc2c(-c3ccc(-c4ccccc4)nc3)cnn2c(N)c1C(C)=O. The number of fused-ring (bicyclic) bond motifs is 1. The molecule has 1 aromatic carbocycles. The number of ketones is 2. The summed E-state index contributed by atoms with van der Waals surface area (Å²) in [6.45, 7) is 7.20. The predicted octanol–water partition coefficient (Wildman–Crippen LogP) is 4.78. The lowest BCUT2D eigenvalue weighted by atomic mass is 10.00. The van der Waals surface area contributed by atoms with Crippen molar-refractivity contribution in [2.75, 3.05) is 12.3 Å². The van der Waals surface area contributed by atoms with E-state index in [4.69, 9.17) is 10.7 Å². The van der Waals surface area contributed by atoms with E-state index in [1.54, 1.807) is 17.3 Å². The molecular weight excluding hydrogens is 492 g/mol. The number of aromatic nitrogens is 4. The zero-order valence-electron chi connectivity index (χ0n) is 22.8. The highest BCUT2D eigenvalue weighted by atomic mass is 16.2. The van der Waals surface area contributed by atoms with E-state index < -0.39 is 11.7 Å². The van der Waals surface area contributed by atoms with E-state index in [9.17, 15) is 14.4 Å². The van der Waals surface area contributed by atoms with Gasteiger partial charge in [0, 0.05) is 42.4 Å². The highest BCUT2D eigenvalue weighted by molar-refractivity contribution is 6.35. The zero-order valence-corrected chi connectivity index (χ0v) is 22.8. The Kier molecular flexibility index (Phi) is 8.49. The molecule has 0 bridgehead atoms. The highest BCUT2D eigenvalue weighted by Gasteiger charge is 2.26. The van der Waals surface area contributed by atoms with Gasteiger partial charge >= 0.3 is 0 Å². The van der Waals surface area contributed by atoms with Crippen molar-refractivity contribution in [3.05, 3.63) is 66.1 Å².